The van der Waals surface area contributed by atoms with E-state index in [-0.39, 0.29) is 5.56 Å². The zero-order valence-corrected chi connectivity index (χ0v) is 14.2. The summed E-state index contributed by atoms with van der Waals surface area (Å²) in [5.41, 5.74) is 2.62. The van der Waals surface area contributed by atoms with Gasteiger partial charge in [0, 0.05) is 18.1 Å². The number of halogens is 2. The molecule has 1 aromatic heterocycles. The second-order valence-corrected chi connectivity index (χ2v) is 5.72. The number of carbonyl (C=O) groups excluding carboxylic acids is 1. The van der Waals surface area contributed by atoms with E-state index in [0.29, 0.717) is 5.95 Å². The number of benzene rings is 2. The monoisotopic (exact) mass is 354 g/mol. The van der Waals surface area contributed by atoms with Gasteiger partial charge in [0.15, 0.2) is 0 Å². The zero-order chi connectivity index (χ0) is 18.7. The first-order chi connectivity index (χ1) is 12.5. The van der Waals surface area contributed by atoms with Crippen LogP contribution >= 0.6 is 0 Å². The molecule has 0 spiro atoms. The van der Waals surface area contributed by atoms with Gasteiger partial charge >= 0.3 is 0 Å². The molecule has 0 aliphatic rings. The summed E-state index contributed by atoms with van der Waals surface area (Å²) in [6.07, 6.45) is 2.57. The highest BCUT2D eigenvalue weighted by atomic mass is 19.1. The van der Waals surface area contributed by atoms with Crippen LogP contribution in [0.2, 0.25) is 0 Å². The van der Waals surface area contributed by atoms with Gasteiger partial charge in [-0.3, -0.25) is 4.79 Å². The van der Waals surface area contributed by atoms with Crippen LogP contribution in [0.1, 0.15) is 21.5 Å². The molecule has 0 bridgehead atoms. The summed E-state index contributed by atoms with van der Waals surface area (Å²) >= 11 is 0. The molecule has 0 radical (unpaired) electrons. The van der Waals surface area contributed by atoms with Crippen LogP contribution in [0.3, 0.4) is 0 Å². The average Bonchev–Trinajstić information content (AvgIpc) is 2.63. The van der Waals surface area contributed by atoms with E-state index in [1.54, 1.807) is 0 Å². The molecule has 0 fully saturated rings. The number of rotatable bonds is 4. The van der Waals surface area contributed by atoms with Crippen molar-refractivity contribution in [2.24, 2.45) is 0 Å². The lowest BCUT2D eigenvalue weighted by atomic mass is 10.1. The minimum absolute atomic E-state index is 0.0826. The van der Waals surface area contributed by atoms with Crippen LogP contribution < -0.4 is 10.6 Å². The molecule has 0 saturated carbocycles. The van der Waals surface area contributed by atoms with Crippen LogP contribution in [0.15, 0.2) is 48.8 Å². The first kappa shape index (κ1) is 17.5. The maximum Gasteiger partial charge on any atom is 0.258 e. The van der Waals surface area contributed by atoms with Crippen molar-refractivity contribution in [2.45, 2.75) is 13.8 Å². The highest BCUT2D eigenvalue weighted by molar-refractivity contribution is 6.04. The second-order valence-electron chi connectivity index (χ2n) is 5.72. The van der Waals surface area contributed by atoms with E-state index in [1.807, 2.05) is 32.0 Å². The van der Waals surface area contributed by atoms with Gasteiger partial charge in [-0.25, -0.2) is 18.7 Å². The van der Waals surface area contributed by atoms with Crippen LogP contribution in [-0.4, -0.2) is 15.9 Å². The van der Waals surface area contributed by atoms with Crippen molar-refractivity contribution < 1.29 is 13.6 Å². The van der Waals surface area contributed by atoms with Crippen molar-refractivity contribution in [3.63, 3.8) is 0 Å². The van der Waals surface area contributed by atoms with E-state index in [9.17, 15) is 13.6 Å². The third kappa shape index (κ3) is 3.66. The molecule has 1 amide bonds. The van der Waals surface area contributed by atoms with E-state index in [4.69, 9.17) is 0 Å². The lowest BCUT2D eigenvalue weighted by Gasteiger charge is -2.10. The fraction of sp³-hybridized carbons (Fsp3) is 0.105. The van der Waals surface area contributed by atoms with Gasteiger partial charge in [-0.1, -0.05) is 18.2 Å². The Morgan fingerprint density at radius 3 is 2.23 bits per heavy atom. The number of aromatic nitrogens is 2. The zero-order valence-electron chi connectivity index (χ0n) is 14.2. The SMILES string of the molecule is Cc1cccc(Nc2ncc(C(=O)Nc3c(F)cccc3F)cn2)c1C. The van der Waals surface area contributed by atoms with Gasteiger partial charge < -0.3 is 10.6 Å². The number of nitrogens with one attached hydrogen (secondary N) is 2. The summed E-state index contributed by atoms with van der Waals surface area (Å²) in [6.45, 7) is 3.97. The quantitative estimate of drug-likeness (QED) is 0.730. The number of para-hydroxylation sites is 1. The van der Waals surface area contributed by atoms with Gasteiger partial charge in [-0.2, -0.15) is 0 Å². The molecular formula is C19H16F2N4O. The molecule has 0 unspecified atom stereocenters. The number of nitrogens with zero attached hydrogens (tertiary/aromatic N) is 2. The van der Waals surface area contributed by atoms with Crippen molar-refractivity contribution in [1.82, 2.24) is 9.97 Å². The third-order valence-corrected chi connectivity index (χ3v) is 3.97. The second kappa shape index (κ2) is 7.26. The maximum atomic E-state index is 13.6. The molecule has 5 nitrogen and oxygen atoms in total. The van der Waals surface area contributed by atoms with E-state index in [1.165, 1.54) is 18.5 Å². The number of hydrogen-bond donors (Lipinski definition) is 2. The Labute approximate surface area is 149 Å². The predicted octanol–water partition coefficient (Wildman–Crippen LogP) is 4.37. The number of carbonyl (C=O) groups is 1. The Morgan fingerprint density at radius 2 is 1.58 bits per heavy atom. The smallest absolute Gasteiger partial charge is 0.258 e. The Balaban J connectivity index is 1.75. The largest absolute Gasteiger partial charge is 0.324 e. The van der Waals surface area contributed by atoms with Gasteiger partial charge in [-0.15, -0.1) is 0 Å². The number of aryl methyl sites for hydroxylation is 1. The molecule has 0 aliphatic carbocycles. The van der Waals surface area contributed by atoms with Gasteiger partial charge in [0.05, 0.1) is 5.56 Å². The standard InChI is InChI=1S/C19H16F2N4O/c1-11-5-3-8-16(12(11)2)24-19-22-9-13(10-23-19)18(26)25-17-14(20)6-4-7-15(17)21/h3-10H,1-2H3,(H,25,26)(H,22,23,24). The Hall–Kier alpha value is -3.35. The van der Waals surface area contributed by atoms with Crippen LogP contribution in [0.25, 0.3) is 0 Å². The lowest BCUT2D eigenvalue weighted by Crippen LogP contribution is -2.15. The molecule has 0 aliphatic heterocycles. The van der Waals surface area contributed by atoms with Crippen LogP contribution in [-0.2, 0) is 0 Å². The van der Waals surface area contributed by atoms with E-state index < -0.39 is 23.2 Å². The summed E-state index contributed by atoms with van der Waals surface area (Å²) in [5.74, 6) is -2.10. The molecule has 0 atom stereocenters. The Kier molecular flexibility index (Phi) is 4.88. The topological polar surface area (TPSA) is 66.9 Å². The van der Waals surface area contributed by atoms with Crippen molar-refractivity contribution in [3.8, 4) is 0 Å². The van der Waals surface area contributed by atoms with Crippen molar-refractivity contribution >= 4 is 23.2 Å². The fourth-order valence-corrected chi connectivity index (χ4v) is 2.32. The van der Waals surface area contributed by atoms with Gasteiger partial charge in [0.1, 0.15) is 17.3 Å². The molecule has 2 aromatic carbocycles. The molecular weight excluding hydrogens is 338 g/mol. The van der Waals surface area contributed by atoms with Crippen molar-refractivity contribution in [2.75, 3.05) is 10.6 Å². The third-order valence-electron chi connectivity index (χ3n) is 3.97. The molecule has 3 aromatic rings. The first-order valence-corrected chi connectivity index (χ1v) is 7.86. The predicted molar refractivity (Wildman–Crippen MR) is 95.5 cm³/mol. The fourth-order valence-electron chi connectivity index (χ4n) is 2.32. The van der Waals surface area contributed by atoms with Crippen LogP contribution in [0.5, 0.6) is 0 Å². The highest BCUT2D eigenvalue weighted by Gasteiger charge is 2.14. The highest BCUT2D eigenvalue weighted by Crippen LogP contribution is 2.21. The summed E-state index contributed by atoms with van der Waals surface area (Å²) in [5, 5.41) is 5.26. The Bertz CT molecular complexity index is 938. The maximum absolute atomic E-state index is 13.6. The summed E-state index contributed by atoms with van der Waals surface area (Å²) in [6, 6.07) is 9.15. The summed E-state index contributed by atoms with van der Waals surface area (Å²) in [7, 11) is 0. The van der Waals surface area contributed by atoms with Gasteiger partial charge in [0.2, 0.25) is 5.95 Å². The lowest BCUT2D eigenvalue weighted by molar-refractivity contribution is 0.102. The van der Waals surface area contributed by atoms with Gasteiger partial charge in [0.25, 0.3) is 5.91 Å². The van der Waals surface area contributed by atoms with Crippen molar-refractivity contribution in [1.29, 1.82) is 0 Å². The Morgan fingerprint density at radius 1 is 0.962 bits per heavy atom. The summed E-state index contributed by atoms with van der Waals surface area (Å²) < 4.78 is 27.2. The van der Waals surface area contributed by atoms with Crippen molar-refractivity contribution in [3.05, 3.63) is 77.1 Å². The van der Waals surface area contributed by atoms with Gasteiger partial charge in [-0.05, 0) is 43.2 Å². The normalized spacial score (nSPS) is 10.5. The molecule has 0 saturated heterocycles. The van der Waals surface area contributed by atoms with E-state index in [0.717, 1.165) is 28.9 Å². The molecule has 26 heavy (non-hydrogen) atoms. The van der Waals surface area contributed by atoms with Crippen LogP contribution in [0.4, 0.5) is 26.1 Å². The molecule has 2 N–H and O–H groups in total. The number of amides is 1. The number of hydrogen-bond acceptors (Lipinski definition) is 4. The molecule has 132 valence electrons. The average molecular weight is 354 g/mol. The minimum Gasteiger partial charge on any atom is -0.324 e. The molecule has 3 rings (SSSR count). The van der Waals surface area contributed by atoms with Crippen LogP contribution in [0, 0.1) is 25.5 Å². The molecule has 7 heteroatoms. The minimum atomic E-state index is -0.854. The first-order valence-electron chi connectivity index (χ1n) is 7.86. The molecule has 1 heterocycles. The van der Waals surface area contributed by atoms with E-state index >= 15 is 0 Å². The number of anilines is 3. The van der Waals surface area contributed by atoms with E-state index in [2.05, 4.69) is 20.6 Å². The summed E-state index contributed by atoms with van der Waals surface area (Å²) in [4.78, 5) is 20.3.